The zero-order chi connectivity index (χ0) is 19.4. The first kappa shape index (κ1) is 19.5. The van der Waals surface area contributed by atoms with Crippen LogP contribution < -0.4 is 9.62 Å². The summed E-state index contributed by atoms with van der Waals surface area (Å²) in [6, 6.07) is 10.1. The molecule has 27 heavy (non-hydrogen) atoms. The van der Waals surface area contributed by atoms with Gasteiger partial charge in [-0.1, -0.05) is 0 Å². The monoisotopic (exact) mass is 392 g/mol. The molecule has 1 heterocycles. The number of nitrogens with one attached hydrogen (secondary N) is 1. The van der Waals surface area contributed by atoms with Gasteiger partial charge < -0.3 is 9.64 Å². The summed E-state index contributed by atoms with van der Waals surface area (Å²) in [6.07, 6.45) is 1.41. The number of carbonyl (C=O) groups excluding carboxylic acids is 1. The molecule has 0 radical (unpaired) electrons. The zero-order valence-electron chi connectivity index (χ0n) is 14.9. The molecule has 6 nitrogen and oxygen atoms in total. The quantitative estimate of drug-likeness (QED) is 0.766. The van der Waals surface area contributed by atoms with Crippen LogP contribution in [0.5, 0.6) is 0 Å². The van der Waals surface area contributed by atoms with Crippen LogP contribution in [0.15, 0.2) is 47.4 Å². The van der Waals surface area contributed by atoms with E-state index < -0.39 is 15.8 Å². The van der Waals surface area contributed by atoms with Gasteiger partial charge in [-0.3, -0.25) is 4.79 Å². The van der Waals surface area contributed by atoms with Gasteiger partial charge in [0.2, 0.25) is 10.0 Å². The molecule has 0 bridgehead atoms. The van der Waals surface area contributed by atoms with Crippen molar-refractivity contribution >= 4 is 21.6 Å². The lowest BCUT2D eigenvalue weighted by molar-refractivity contribution is 0.0985. The minimum Gasteiger partial charge on any atom is -0.383 e. The molecule has 0 saturated heterocycles. The minimum atomic E-state index is -3.64. The number of benzene rings is 2. The number of hydrogen-bond acceptors (Lipinski definition) is 4. The van der Waals surface area contributed by atoms with Crippen LogP contribution in [-0.2, 0) is 21.2 Å². The van der Waals surface area contributed by atoms with Crippen molar-refractivity contribution in [2.24, 2.45) is 0 Å². The van der Waals surface area contributed by atoms with E-state index in [2.05, 4.69) is 4.72 Å². The van der Waals surface area contributed by atoms with Gasteiger partial charge in [-0.25, -0.2) is 17.5 Å². The number of aryl methyl sites for hydroxylation is 1. The van der Waals surface area contributed by atoms with Crippen LogP contribution in [-0.4, -0.2) is 41.1 Å². The Hall–Kier alpha value is -2.29. The van der Waals surface area contributed by atoms with Crippen LogP contribution in [0, 0.1) is 5.82 Å². The number of anilines is 1. The molecule has 0 saturated carbocycles. The standard InChI is InChI=1S/C19H21FN2O4S/c1-26-12-10-21-27(24,25)17-8-9-18-15(13-17)3-2-11-22(18)19(23)14-4-6-16(20)7-5-14/h4-9,13,21H,2-3,10-12H2,1H3. The van der Waals surface area contributed by atoms with E-state index in [1.165, 1.54) is 37.4 Å². The highest BCUT2D eigenvalue weighted by Gasteiger charge is 2.25. The van der Waals surface area contributed by atoms with Crippen LogP contribution in [0.25, 0.3) is 0 Å². The molecule has 0 atom stereocenters. The summed E-state index contributed by atoms with van der Waals surface area (Å²) in [7, 11) is -2.14. The summed E-state index contributed by atoms with van der Waals surface area (Å²) in [4.78, 5) is 14.6. The van der Waals surface area contributed by atoms with E-state index in [-0.39, 0.29) is 24.0 Å². The van der Waals surface area contributed by atoms with Crippen molar-refractivity contribution < 1.29 is 22.3 Å². The summed E-state index contributed by atoms with van der Waals surface area (Å²) in [5.41, 5.74) is 1.87. The maximum atomic E-state index is 13.1. The van der Waals surface area contributed by atoms with Gasteiger partial charge in [-0.2, -0.15) is 0 Å². The maximum Gasteiger partial charge on any atom is 0.258 e. The Morgan fingerprint density at radius 3 is 2.67 bits per heavy atom. The van der Waals surface area contributed by atoms with Gasteiger partial charge in [0.1, 0.15) is 5.82 Å². The molecule has 1 aliphatic rings. The molecule has 0 unspecified atom stereocenters. The second-order valence-corrected chi connectivity index (χ2v) is 8.02. The SMILES string of the molecule is COCCNS(=O)(=O)c1ccc2c(c1)CCCN2C(=O)c1ccc(F)cc1. The average Bonchev–Trinajstić information content (AvgIpc) is 2.67. The van der Waals surface area contributed by atoms with Crippen molar-refractivity contribution in [3.8, 4) is 0 Å². The molecular formula is C19H21FN2O4S. The summed E-state index contributed by atoms with van der Waals surface area (Å²) in [6.45, 7) is 0.997. The molecule has 0 aliphatic carbocycles. The minimum absolute atomic E-state index is 0.161. The van der Waals surface area contributed by atoms with Gasteiger partial charge in [0, 0.05) is 31.5 Å². The Balaban J connectivity index is 1.86. The largest absolute Gasteiger partial charge is 0.383 e. The van der Waals surface area contributed by atoms with Crippen molar-refractivity contribution in [1.29, 1.82) is 0 Å². The van der Waals surface area contributed by atoms with Crippen molar-refractivity contribution in [3.05, 3.63) is 59.4 Å². The van der Waals surface area contributed by atoms with Crippen molar-refractivity contribution in [3.63, 3.8) is 0 Å². The van der Waals surface area contributed by atoms with Crippen molar-refractivity contribution in [2.45, 2.75) is 17.7 Å². The highest BCUT2D eigenvalue weighted by atomic mass is 32.2. The van der Waals surface area contributed by atoms with Crippen molar-refractivity contribution in [2.75, 3.05) is 31.7 Å². The molecule has 2 aromatic rings. The van der Waals surface area contributed by atoms with E-state index in [9.17, 15) is 17.6 Å². The number of carbonyl (C=O) groups is 1. The molecule has 1 amide bonds. The molecule has 2 aromatic carbocycles. The maximum absolute atomic E-state index is 13.1. The predicted molar refractivity (Wildman–Crippen MR) is 99.9 cm³/mol. The van der Waals surface area contributed by atoms with Gasteiger partial charge in [-0.15, -0.1) is 0 Å². The van der Waals surface area contributed by atoms with Gasteiger partial charge >= 0.3 is 0 Å². The molecule has 0 fully saturated rings. The van der Waals surface area contributed by atoms with Gasteiger partial charge in [-0.05, 0) is 60.9 Å². The lowest BCUT2D eigenvalue weighted by Gasteiger charge is -2.30. The lowest BCUT2D eigenvalue weighted by atomic mass is 10.0. The molecular weight excluding hydrogens is 371 g/mol. The molecule has 144 valence electrons. The summed E-state index contributed by atoms with van der Waals surface area (Å²) >= 11 is 0. The normalized spacial score (nSPS) is 14.1. The fourth-order valence-corrected chi connectivity index (χ4v) is 4.12. The van der Waals surface area contributed by atoms with Crippen LogP contribution in [0.1, 0.15) is 22.3 Å². The Morgan fingerprint density at radius 2 is 1.96 bits per heavy atom. The van der Waals surface area contributed by atoms with E-state index in [0.29, 0.717) is 24.2 Å². The van der Waals surface area contributed by atoms with E-state index >= 15 is 0 Å². The lowest BCUT2D eigenvalue weighted by Crippen LogP contribution is -2.35. The summed E-state index contributed by atoms with van der Waals surface area (Å²) in [5, 5.41) is 0. The molecule has 1 aliphatic heterocycles. The smallest absolute Gasteiger partial charge is 0.258 e. The molecule has 3 rings (SSSR count). The molecule has 1 N–H and O–H groups in total. The number of nitrogens with zero attached hydrogens (tertiary/aromatic N) is 1. The number of amides is 1. The predicted octanol–water partition coefficient (Wildman–Crippen LogP) is 2.34. The van der Waals surface area contributed by atoms with Crippen LogP contribution >= 0.6 is 0 Å². The Labute approximate surface area is 158 Å². The third-order valence-electron chi connectivity index (χ3n) is 4.41. The molecule has 0 aromatic heterocycles. The third kappa shape index (κ3) is 4.35. The van der Waals surface area contributed by atoms with Crippen LogP contribution in [0.4, 0.5) is 10.1 Å². The van der Waals surface area contributed by atoms with Gasteiger partial charge in [0.05, 0.1) is 11.5 Å². The second kappa shape index (κ2) is 8.16. The first-order valence-corrected chi connectivity index (χ1v) is 10.1. The number of rotatable bonds is 6. The Morgan fingerprint density at radius 1 is 1.22 bits per heavy atom. The summed E-state index contributed by atoms with van der Waals surface area (Å²) < 4.78 is 45.2. The second-order valence-electron chi connectivity index (χ2n) is 6.25. The van der Waals surface area contributed by atoms with Crippen LogP contribution in [0.2, 0.25) is 0 Å². The first-order chi connectivity index (χ1) is 12.9. The number of halogens is 1. The third-order valence-corrected chi connectivity index (χ3v) is 5.87. The number of ether oxygens (including phenoxy) is 1. The van der Waals surface area contributed by atoms with E-state index in [1.807, 2.05) is 0 Å². The van der Waals surface area contributed by atoms with Gasteiger partial charge in [0.25, 0.3) is 5.91 Å². The number of sulfonamides is 1. The van der Waals surface area contributed by atoms with Gasteiger partial charge in [0.15, 0.2) is 0 Å². The number of fused-ring (bicyclic) bond motifs is 1. The topological polar surface area (TPSA) is 75.7 Å². The van der Waals surface area contributed by atoms with E-state index in [4.69, 9.17) is 4.74 Å². The first-order valence-electron chi connectivity index (χ1n) is 8.61. The number of methoxy groups -OCH3 is 1. The number of hydrogen-bond donors (Lipinski definition) is 1. The fraction of sp³-hybridized carbons (Fsp3) is 0.316. The molecule has 8 heteroatoms. The Kier molecular flexibility index (Phi) is 5.88. The van der Waals surface area contributed by atoms with Crippen molar-refractivity contribution in [1.82, 2.24) is 4.72 Å². The highest BCUT2D eigenvalue weighted by molar-refractivity contribution is 7.89. The Bertz CT molecular complexity index is 929. The average molecular weight is 392 g/mol. The van der Waals surface area contributed by atoms with E-state index in [1.54, 1.807) is 17.0 Å². The van der Waals surface area contributed by atoms with E-state index in [0.717, 1.165) is 12.0 Å². The fourth-order valence-electron chi connectivity index (χ4n) is 3.06. The summed E-state index contributed by atoms with van der Waals surface area (Å²) in [5.74, 6) is -0.633. The highest BCUT2D eigenvalue weighted by Crippen LogP contribution is 2.30. The molecule has 0 spiro atoms. The van der Waals surface area contributed by atoms with Crippen LogP contribution in [0.3, 0.4) is 0 Å². The zero-order valence-corrected chi connectivity index (χ0v) is 15.8.